The Labute approximate surface area is 121 Å². The van der Waals surface area contributed by atoms with Crippen LogP contribution >= 0.6 is 0 Å². The highest BCUT2D eigenvalue weighted by atomic mass is 16.4. The third-order valence-electron chi connectivity index (χ3n) is 3.07. The number of carboxylic acids is 1. The third-order valence-corrected chi connectivity index (χ3v) is 3.07. The van der Waals surface area contributed by atoms with Crippen molar-refractivity contribution in [2.24, 2.45) is 5.92 Å². The van der Waals surface area contributed by atoms with E-state index in [9.17, 15) is 19.5 Å². The number of anilines is 2. The lowest BCUT2D eigenvalue weighted by Gasteiger charge is -2.11. The molecule has 7 heteroatoms. The molecule has 0 atom stereocenters. The van der Waals surface area contributed by atoms with Crippen molar-refractivity contribution in [1.82, 2.24) is 5.32 Å². The molecule has 0 aromatic heterocycles. The normalized spacial score (nSPS) is 13.4. The number of amides is 3. The number of hydrogen-bond donors (Lipinski definition) is 4. The van der Waals surface area contributed by atoms with Gasteiger partial charge in [-0.25, -0.2) is 9.59 Å². The number of carbonyl (C=O) groups excluding carboxylic acids is 2. The number of urea groups is 1. The molecule has 4 N–H and O–H groups in total. The van der Waals surface area contributed by atoms with Crippen LogP contribution in [-0.2, 0) is 4.79 Å². The Kier molecular flexibility index (Phi) is 4.42. The van der Waals surface area contributed by atoms with Crippen molar-refractivity contribution in [2.75, 3.05) is 17.2 Å². The van der Waals surface area contributed by atoms with Gasteiger partial charge in [-0.2, -0.15) is 0 Å². The Hall–Kier alpha value is -2.57. The fourth-order valence-electron chi connectivity index (χ4n) is 1.84. The Morgan fingerprint density at radius 1 is 1.24 bits per heavy atom. The number of carboxylic acid groups (broad SMARTS) is 1. The smallest absolute Gasteiger partial charge is 0.337 e. The lowest BCUT2D eigenvalue weighted by Crippen LogP contribution is -2.31. The first-order valence-corrected chi connectivity index (χ1v) is 6.65. The summed E-state index contributed by atoms with van der Waals surface area (Å²) >= 11 is 0. The highest BCUT2D eigenvalue weighted by molar-refractivity contribution is 6.01. The minimum Gasteiger partial charge on any atom is -0.478 e. The van der Waals surface area contributed by atoms with Crippen LogP contribution in [-0.4, -0.2) is 29.6 Å². The molecule has 1 aromatic carbocycles. The van der Waals surface area contributed by atoms with Crippen LogP contribution in [0.5, 0.6) is 0 Å². The van der Waals surface area contributed by atoms with Crippen LogP contribution in [0.15, 0.2) is 18.2 Å². The lowest BCUT2D eigenvalue weighted by molar-refractivity contribution is -0.114. The van der Waals surface area contributed by atoms with E-state index in [1.807, 2.05) is 0 Å². The summed E-state index contributed by atoms with van der Waals surface area (Å²) in [6.45, 7) is 1.93. The third kappa shape index (κ3) is 4.48. The van der Waals surface area contributed by atoms with Gasteiger partial charge in [0.1, 0.15) is 0 Å². The van der Waals surface area contributed by atoms with E-state index in [1.165, 1.54) is 25.1 Å². The monoisotopic (exact) mass is 291 g/mol. The largest absolute Gasteiger partial charge is 0.478 e. The number of rotatable bonds is 5. The maximum Gasteiger partial charge on any atom is 0.337 e. The van der Waals surface area contributed by atoms with Gasteiger partial charge in [-0.1, -0.05) is 0 Å². The van der Waals surface area contributed by atoms with Crippen molar-refractivity contribution in [3.8, 4) is 0 Å². The molecule has 2 rings (SSSR count). The summed E-state index contributed by atoms with van der Waals surface area (Å²) in [5, 5.41) is 16.9. The number of nitrogens with one attached hydrogen (secondary N) is 3. The number of aromatic carboxylic acids is 1. The van der Waals surface area contributed by atoms with Crippen LogP contribution in [0, 0.1) is 5.92 Å². The van der Waals surface area contributed by atoms with Crippen LogP contribution in [0.1, 0.15) is 30.1 Å². The van der Waals surface area contributed by atoms with E-state index in [0.717, 1.165) is 12.8 Å². The molecule has 0 radical (unpaired) electrons. The molecule has 1 aliphatic carbocycles. The van der Waals surface area contributed by atoms with Gasteiger partial charge in [0.2, 0.25) is 5.91 Å². The second-order valence-corrected chi connectivity index (χ2v) is 5.03. The minimum atomic E-state index is -1.18. The molecule has 0 bridgehead atoms. The average molecular weight is 291 g/mol. The Morgan fingerprint density at radius 2 is 1.95 bits per heavy atom. The quantitative estimate of drug-likeness (QED) is 0.664. The summed E-state index contributed by atoms with van der Waals surface area (Å²) in [6, 6.07) is 3.85. The van der Waals surface area contributed by atoms with Gasteiger partial charge < -0.3 is 21.1 Å². The van der Waals surface area contributed by atoms with Crippen LogP contribution in [0.25, 0.3) is 0 Å². The zero-order chi connectivity index (χ0) is 15.4. The molecule has 21 heavy (non-hydrogen) atoms. The maximum absolute atomic E-state index is 11.7. The van der Waals surface area contributed by atoms with Gasteiger partial charge in [0.25, 0.3) is 0 Å². The molecular formula is C14H17N3O4. The molecule has 1 fully saturated rings. The zero-order valence-electron chi connectivity index (χ0n) is 11.6. The van der Waals surface area contributed by atoms with Crippen LogP contribution in [0.2, 0.25) is 0 Å². The standard InChI is InChI=1S/C14H17N3O4/c1-8(18)16-10-4-5-12(11(6-10)13(19)20)17-14(21)15-7-9-2-3-9/h4-6,9H,2-3,7H2,1H3,(H,16,18)(H,19,20)(H2,15,17,21). The molecule has 112 valence electrons. The van der Waals surface area contributed by atoms with E-state index >= 15 is 0 Å². The summed E-state index contributed by atoms with van der Waals surface area (Å²) in [6.07, 6.45) is 2.23. The van der Waals surface area contributed by atoms with Gasteiger partial charge in [0, 0.05) is 19.2 Å². The lowest BCUT2D eigenvalue weighted by atomic mass is 10.1. The summed E-state index contributed by atoms with van der Waals surface area (Å²) in [7, 11) is 0. The first-order valence-electron chi connectivity index (χ1n) is 6.65. The molecule has 1 aromatic rings. The van der Waals surface area contributed by atoms with Crippen molar-refractivity contribution >= 4 is 29.3 Å². The minimum absolute atomic E-state index is 0.0807. The second kappa shape index (κ2) is 6.25. The number of carbonyl (C=O) groups is 3. The van der Waals surface area contributed by atoms with Crippen molar-refractivity contribution < 1.29 is 19.5 Å². The topological polar surface area (TPSA) is 108 Å². The van der Waals surface area contributed by atoms with Crippen molar-refractivity contribution in [3.05, 3.63) is 23.8 Å². The number of benzene rings is 1. The molecule has 0 unspecified atom stereocenters. The van der Waals surface area contributed by atoms with E-state index in [0.29, 0.717) is 18.2 Å². The Bertz CT molecular complexity index is 582. The zero-order valence-corrected chi connectivity index (χ0v) is 11.6. The van der Waals surface area contributed by atoms with Gasteiger partial charge in [-0.05, 0) is 37.0 Å². The fraction of sp³-hybridized carbons (Fsp3) is 0.357. The molecule has 1 aliphatic rings. The first-order chi connectivity index (χ1) is 9.95. The van der Waals surface area contributed by atoms with E-state index in [-0.39, 0.29) is 17.2 Å². The summed E-state index contributed by atoms with van der Waals surface area (Å²) in [5.74, 6) is -0.939. The molecule has 3 amide bonds. The van der Waals surface area contributed by atoms with Crippen LogP contribution in [0.3, 0.4) is 0 Å². The van der Waals surface area contributed by atoms with Crippen LogP contribution in [0.4, 0.5) is 16.2 Å². The van der Waals surface area contributed by atoms with Crippen molar-refractivity contribution in [3.63, 3.8) is 0 Å². The van der Waals surface area contributed by atoms with E-state index in [1.54, 1.807) is 0 Å². The average Bonchev–Trinajstić information content (AvgIpc) is 3.21. The maximum atomic E-state index is 11.7. The predicted molar refractivity (Wildman–Crippen MR) is 77.5 cm³/mol. The van der Waals surface area contributed by atoms with Crippen LogP contribution < -0.4 is 16.0 Å². The molecular weight excluding hydrogens is 274 g/mol. The molecule has 7 nitrogen and oxygen atoms in total. The second-order valence-electron chi connectivity index (χ2n) is 5.03. The van der Waals surface area contributed by atoms with Gasteiger partial charge in [-0.3, -0.25) is 4.79 Å². The highest BCUT2D eigenvalue weighted by Crippen LogP contribution is 2.27. The van der Waals surface area contributed by atoms with E-state index in [2.05, 4.69) is 16.0 Å². The van der Waals surface area contributed by atoms with E-state index < -0.39 is 12.0 Å². The van der Waals surface area contributed by atoms with Crippen molar-refractivity contribution in [2.45, 2.75) is 19.8 Å². The van der Waals surface area contributed by atoms with Gasteiger partial charge in [-0.15, -0.1) is 0 Å². The molecule has 0 saturated heterocycles. The molecule has 1 saturated carbocycles. The Morgan fingerprint density at radius 3 is 2.52 bits per heavy atom. The highest BCUT2D eigenvalue weighted by Gasteiger charge is 2.22. The van der Waals surface area contributed by atoms with Crippen molar-refractivity contribution in [1.29, 1.82) is 0 Å². The summed E-state index contributed by atoms with van der Waals surface area (Å²) < 4.78 is 0. The van der Waals surface area contributed by atoms with Gasteiger partial charge in [0.15, 0.2) is 0 Å². The van der Waals surface area contributed by atoms with Gasteiger partial charge >= 0.3 is 12.0 Å². The SMILES string of the molecule is CC(=O)Nc1ccc(NC(=O)NCC2CC2)c(C(=O)O)c1. The van der Waals surface area contributed by atoms with Gasteiger partial charge in [0.05, 0.1) is 11.3 Å². The Balaban J connectivity index is 2.07. The fourth-order valence-corrected chi connectivity index (χ4v) is 1.84. The molecule has 0 heterocycles. The first kappa shape index (κ1) is 14.8. The number of hydrogen-bond acceptors (Lipinski definition) is 3. The predicted octanol–water partition coefficient (Wildman–Crippen LogP) is 1.87. The summed E-state index contributed by atoms with van der Waals surface area (Å²) in [4.78, 5) is 33.9. The van der Waals surface area contributed by atoms with E-state index in [4.69, 9.17) is 0 Å². The summed E-state index contributed by atoms with van der Waals surface area (Å²) in [5.41, 5.74) is 0.469. The molecule has 0 spiro atoms. The molecule has 0 aliphatic heterocycles.